The van der Waals surface area contributed by atoms with Crippen LogP contribution in [0.3, 0.4) is 0 Å². The van der Waals surface area contributed by atoms with Crippen LogP contribution in [0.1, 0.15) is 31.2 Å². The summed E-state index contributed by atoms with van der Waals surface area (Å²) in [5, 5.41) is 8.95. The lowest BCUT2D eigenvalue weighted by Crippen LogP contribution is -2.38. The number of sulfonamides is 1. The number of aryl methyl sites for hydroxylation is 1. The van der Waals surface area contributed by atoms with Gasteiger partial charge in [0.25, 0.3) is 0 Å². The third kappa shape index (κ3) is 4.05. The average molecular weight is 376 g/mol. The minimum Gasteiger partial charge on any atom is -0.481 e. The van der Waals surface area contributed by atoms with Gasteiger partial charge in [-0.3, -0.25) is 4.79 Å². The van der Waals surface area contributed by atoms with Crippen molar-refractivity contribution in [1.29, 1.82) is 0 Å². The normalized spacial score (nSPS) is 23.0. The maximum atomic E-state index is 12.3. The molecule has 0 bridgehead atoms. The second kappa shape index (κ2) is 6.46. The molecule has 7 heteroatoms. The van der Waals surface area contributed by atoms with E-state index in [4.69, 9.17) is 5.11 Å². The number of halogens is 1. The Bertz CT molecular complexity index is 636. The van der Waals surface area contributed by atoms with Crippen molar-refractivity contribution >= 4 is 31.9 Å². The molecule has 1 saturated carbocycles. The number of carboxylic acids is 1. The number of carbonyl (C=O) groups is 1. The smallest absolute Gasteiger partial charge is 0.306 e. The topological polar surface area (TPSA) is 83.5 Å². The largest absolute Gasteiger partial charge is 0.481 e. The quantitative estimate of drug-likeness (QED) is 0.847. The van der Waals surface area contributed by atoms with Crippen molar-refractivity contribution in [1.82, 2.24) is 4.72 Å². The van der Waals surface area contributed by atoms with Gasteiger partial charge in [0.2, 0.25) is 10.0 Å². The Morgan fingerprint density at radius 1 is 1.29 bits per heavy atom. The molecule has 21 heavy (non-hydrogen) atoms. The highest BCUT2D eigenvalue weighted by molar-refractivity contribution is 9.10. The van der Waals surface area contributed by atoms with Gasteiger partial charge in [-0.1, -0.05) is 15.9 Å². The van der Waals surface area contributed by atoms with Crippen molar-refractivity contribution < 1.29 is 18.3 Å². The third-order valence-corrected chi connectivity index (χ3v) is 6.25. The lowest BCUT2D eigenvalue weighted by molar-refractivity contribution is -0.142. The first kappa shape index (κ1) is 16.5. The van der Waals surface area contributed by atoms with E-state index < -0.39 is 16.0 Å². The standard InChI is InChI=1S/C14H18BrNO4S/c1-9-8-12(6-7-13(9)15)21(19,20)16-11-4-2-10(3-5-11)14(17)18/h6-8,10-11,16H,2-5H2,1H3,(H,17,18). The molecule has 116 valence electrons. The molecule has 1 aromatic carbocycles. The lowest BCUT2D eigenvalue weighted by atomic mass is 9.87. The van der Waals surface area contributed by atoms with Gasteiger partial charge >= 0.3 is 5.97 Å². The van der Waals surface area contributed by atoms with Crippen LogP contribution in [0.4, 0.5) is 0 Å². The van der Waals surface area contributed by atoms with E-state index in [1.165, 1.54) is 0 Å². The van der Waals surface area contributed by atoms with E-state index in [0.717, 1.165) is 10.0 Å². The maximum Gasteiger partial charge on any atom is 0.306 e. The van der Waals surface area contributed by atoms with Gasteiger partial charge < -0.3 is 5.11 Å². The Hall–Kier alpha value is -0.920. The van der Waals surface area contributed by atoms with Crippen LogP contribution in [0, 0.1) is 12.8 Å². The number of rotatable bonds is 4. The van der Waals surface area contributed by atoms with Crippen LogP contribution in [0.5, 0.6) is 0 Å². The average Bonchev–Trinajstić information content (AvgIpc) is 2.42. The number of aliphatic carboxylic acids is 1. The van der Waals surface area contributed by atoms with Crippen molar-refractivity contribution in [3.63, 3.8) is 0 Å². The zero-order valence-corrected chi connectivity index (χ0v) is 14.1. The Morgan fingerprint density at radius 2 is 1.90 bits per heavy atom. The fourth-order valence-electron chi connectivity index (χ4n) is 2.53. The molecule has 1 aliphatic carbocycles. The van der Waals surface area contributed by atoms with Crippen molar-refractivity contribution in [2.45, 2.75) is 43.5 Å². The Morgan fingerprint density at radius 3 is 2.43 bits per heavy atom. The van der Waals surface area contributed by atoms with Gasteiger partial charge in [-0.15, -0.1) is 0 Å². The number of hydrogen-bond donors (Lipinski definition) is 2. The number of carboxylic acid groups (broad SMARTS) is 1. The van der Waals surface area contributed by atoms with Crippen LogP contribution in [-0.4, -0.2) is 25.5 Å². The van der Waals surface area contributed by atoms with E-state index in [9.17, 15) is 13.2 Å². The zero-order chi connectivity index (χ0) is 15.6. The van der Waals surface area contributed by atoms with Crippen LogP contribution >= 0.6 is 15.9 Å². The third-order valence-electron chi connectivity index (χ3n) is 3.84. The van der Waals surface area contributed by atoms with Crippen molar-refractivity contribution in [2.75, 3.05) is 0 Å². The van der Waals surface area contributed by atoms with Crippen LogP contribution in [0.15, 0.2) is 27.6 Å². The Labute approximate surface area is 132 Å². The summed E-state index contributed by atoms with van der Waals surface area (Å²) in [7, 11) is -3.56. The SMILES string of the molecule is Cc1cc(S(=O)(=O)NC2CCC(C(=O)O)CC2)ccc1Br. The van der Waals surface area contributed by atoms with Crippen molar-refractivity contribution in [3.8, 4) is 0 Å². The molecule has 0 saturated heterocycles. The molecule has 0 radical (unpaired) electrons. The van der Waals surface area contributed by atoms with E-state index in [2.05, 4.69) is 20.7 Å². The zero-order valence-electron chi connectivity index (χ0n) is 11.7. The minimum absolute atomic E-state index is 0.186. The first-order chi connectivity index (χ1) is 9.79. The molecule has 0 heterocycles. The summed E-state index contributed by atoms with van der Waals surface area (Å²) in [5.74, 6) is -1.14. The van der Waals surface area contributed by atoms with E-state index in [0.29, 0.717) is 25.7 Å². The van der Waals surface area contributed by atoms with Gasteiger partial charge in [-0.2, -0.15) is 0 Å². The number of hydrogen-bond acceptors (Lipinski definition) is 3. The fraction of sp³-hybridized carbons (Fsp3) is 0.500. The Kier molecular flexibility index (Phi) is 5.06. The first-order valence-corrected chi connectivity index (χ1v) is 9.08. The van der Waals surface area contributed by atoms with Crippen LogP contribution in [-0.2, 0) is 14.8 Å². The summed E-state index contributed by atoms with van der Waals surface area (Å²) in [6.45, 7) is 1.83. The Balaban J connectivity index is 2.05. The molecule has 0 atom stereocenters. The second-order valence-corrected chi connectivity index (χ2v) is 7.99. The minimum atomic E-state index is -3.56. The summed E-state index contributed by atoms with van der Waals surface area (Å²) in [6.07, 6.45) is 2.15. The predicted octanol–water partition coefficient (Wildman–Crippen LogP) is 2.68. The van der Waals surface area contributed by atoms with Gasteiger partial charge in [-0.05, 0) is 56.4 Å². The number of nitrogens with one attached hydrogen (secondary N) is 1. The maximum absolute atomic E-state index is 12.3. The molecule has 1 aromatic rings. The van der Waals surface area contributed by atoms with Crippen LogP contribution in [0.2, 0.25) is 0 Å². The highest BCUT2D eigenvalue weighted by Gasteiger charge is 2.28. The monoisotopic (exact) mass is 375 g/mol. The van der Waals surface area contributed by atoms with Crippen LogP contribution < -0.4 is 4.72 Å². The van der Waals surface area contributed by atoms with Crippen LogP contribution in [0.25, 0.3) is 0 Å². The van der Waals surface area contributed by atoms with E-state index in [1.54, 1.807) is 18.2 Å². The van der Waals surface area contributed by atoms with E-state index in [1.807, 2.05) is 6.92 Å². The molecule has 1 aliphatic rings. The summed E-state index contributed by atoms with van der Waals surface area (Å²) >= 11 is 3.34. The fourth-order valence-corrected chi connectivity index (χ4v) is 4.17. The molecule has 0 spiro atoms. The second-order valence-electron chi connectivity index (χ2n) is 5.42. The van der Waals surface area contributed by atoms with Gasteiger partial charge in [-0.25, -0.2) is 13.1 Å². The molecular weight excluding hydrogens is 358 g/mol. The first-order valence-electron chi connectivity index (χ1n) is 6.81. The molecular formula is C14H18BrNO4S. The highest BCUT2D eigenvalue weighted by Crippen LogP contribution is 2.26. The van der Waals surface area contributed by atoms with E-state index in [-0.39, 0.29) is 16.9 Å². The van der Waals surface area contributed by atoms with Gasteiger partial charge in [0.1, 0.15) is 0 Å². The van der Waals surface area contributed by atoms with Gasteiger partial charge in [0.05, 0.1) is 10.8 Å². The van der Waals surface area contributed by atoms with Crippen molar-refractivity contribution in [2.24, 2.45) is 5.92 Å². The molecule has 0 amide bonds. The highest BCUT2D eigenvalue weighted by atomic mass is 79.9. The molecule has 2 N–H and O–H groups in total. The predicted molar refractivity (Wildman–Crippen MR) is 82.6 cm³/mol. The summed E-state index contributed by atoms with van der Waals surface area (Å²) in [4.78, 5) is 11.1. The molecule has 2 rings (SSSR count). The lowest BCUT2D eigenvalue weighted by Gasteiger charge is -2.26. The van der Waals surface area contributed by atoms with Gasteiger partial charge in [0, 0.05) is 10.5 Å². The molecule has 1 fully saturated rings. The number of benzene rings is 1. The summed E-state index contributed by atoms with van der Waals surface area (Å²) < 4.78 is 28.2. The molecule has 0 unspecified atom stereocenters. The molecule has 5 nitrogen and oxygen atoms in total. The van der Waals surface area contributed by atoms with Gasteiger partial charge in [0.15, 0.2) is 0 Å². The van der Waals surface area contributed by atoms with Crippen molar-refractivity contribution in [3.05, 3.63) is 28.2 Å². The summed E-state index contributed by atoms with van der Waals surface area (Å²) in [6, 6.07) is 4.71. The molecule has 0 aromatic heterocycles. The van der Waals surface area contributed by atoms with E-state index >= 15 is 0 Å². The molecule has 0 aliphatic heterocycles. The summed E-state index contributed by atoms with van der Waals surface area (Å²) in [5.41, 5.74) is 0.854.